The largest absolute Gasteiger partial charge is 0.494 e. The van der Waals surface area contributed by atoms with E-state index in [0.717, 1.165) is 9.47 Å². The third-order valence-electron chi connectivity index (χ3n) is 6.17. The second kappa shape index (κ2) is 13.8. The first-order valence-corrected chi connectivity index (χ1v) is 12.0. The molecule has 1 aromatic heterocycles. The normalized spacial score (nSPS) is 14.8. The molecule has 9 heteroatoms. The maximum absolute atomic E-state index is 12.6. The fourth-order valence-electron chi connectivity index (χ4n) is 3.82. The number of allylic oxidation sites excluding steroid dienone is 2. The van der Waals surface area contributed by atoms with Gasteiger partial charge in [0, 0.05) is 24.2 Å². The van der Waals surface area contributed by atoms with Gasteiger partial charge in [-0.25, -0.2) is 0 Å². The lowest BCUT2D eigenvalue weighted by atomic mass is 9.95. The number of imide groups is 1. The standard InChI is InChI=1S/C21H20N4O4.C6H15N/c1-5-24-18(26)14(12(3)16(10-22)20(24)28)8-7-9-15-13(4)17(11-23)21(29)25(6-2)19(15)27;1-4-7(5-2)6-3/h7-9,26H,5-6H2,1-4H3;4-6H2,1-3H3/b8-7+,15-9-;. The van der Waals surface area contributed by atoms with E-state index in [0.29, 0.717) is 5.56 Å². The Morgan fingerprint density at radius 3 is 1.92 bits per heavy atom. The SMILES string of the molecule is CCN(CC)CC.CCN1C(=O)C(C#N)=C(C)/C(=C/C=C/c2c(C)c(C#N)c(=O)n(CC)c2O)C1=O. The summed E-state index contributed by atoms with van der Waals surface area (Å²) in [6.07, 6.45) is 4.39. The summed E-state index contributed by atoms with van der Waals surface area (Å²) in [6, 6.07) is 3.69. The second-order valence-corrected chi connectivity index (χ2v) is 7.92. The first-order chi connectivity index (χ1) is 17.1. The van der Waals surface area contributed by atoms with Gasteiger partial charge in [-0.05, 0) is 70.6 Å². The number of aromatic nitrogens is 1. The van der Waals surface area contributed by atoms with E-state index in [4.69, 9.17) is 0 Å². The summed E-state index contributed by atoms with van der Waals surface area (Å²) >= 11 is 0. The molecule has 0 aromatic carbocycles. The van der Waals surface area contributed by atoms with Crippen LogP contribution in [0.4, 0.5) is 0 Å². The number of likely N-dealkylation sites (N-methyl/N-ethyl adjacent to an activating group) is 1. The Morgan fingerprint density at radius 1 is 0.917 bits per heavy atom. The molecule has 0 unspecified atom stereocenters. The van der Waals surface area contributed by atoms with E-state index in [1.165, 1.54) is 44.8 Å². The average Bonchev–Trinajstić information content (AvgIpc) is 2.85. The number of hydrogen-bond donors (Lipinski definition) is 1. The summed E-state index contributed by atoms with van der Waals surface area (Å²) in [5, 5.41) is 28.9. The van der Waals surface area contributed by atoms with Crippen molar-refractivity contribution < 1.29 is 14.7 Å². The highest BCUT2D eigenvalue weighted by molar-refractivity contribution is 6.18. The van der Waals surface area contributed by atoms with Crippen molar-refractivity contribution in [2.24, 2.45) is 0 Å². The van der Waals surface area contributed by atoms with E-state index in [-0.39, 0.29) is 46.8 Å². The van der Waals surface area contributed by atoms with Gasteiger partial charge in [-0.15, -0.1) is 0 Å². The van der Waals surface area contributed by atoms with E-state index in [1.54, 1.807) is 20.8 Å². The molecular formula is C27H35N5O4. The van der Waals surface area contributed by atoms with Crippen LogP contribution in [0, 0.1) is 29.6 Å². The molecule has 0 saturated heterocycles. The highest BCUT2D eigenvalue weighted by atomic mass is 16.3. The van der Waals surface area contributed by atoms with Crippen LogP contribution >= 0.6 is 0 Å². The predicted molar refractivity (Wildman–Crippen MR) is 139 cm³/mol. The van der Waals surface area contributed by atoms with E-state index >= 15 is 0 Å². The van der Waals surface area contributed by atoms with Crippen molar-refractivity contribution in [2.75, 3.05) is 26.2 Å². The molecule has 1 N–H and O–H groups in total. The second-order valence-electron chi connectivity index (χ2n) is 7.92. The minimum Gasteiger partial charge on any atom is -0.494 e. The topological polar surface area (TPSA) is 130 Å². The number of carbonyl (C=O) groups excluding carboxylic acids is 2. The molecule has 0 bridgehead atoms. The third kappa shape index (κ3) is 6.18. The highest BCUT2D eigenvalue weighted by Crippen LogP contribution is 2.26. The van der Waals surface area contributed by atoms with Crippen LogP contribution in [-0.2, 0) is 16.1 Å². The van der Waals surface area contributed by atoms with Crippen molar-refractivity contribution in [2.45, 2.75) is 55.0 Å². The van der Waals surface area contributed by atoms with Crippen LogP contribution in [0.25, 0.3) is 6.08 Å². The van der Waals surface area contributed by atoms with Gasteiger partial charge in [0.1, 0.15) is 23.3 Å². The Kier molecular flexibility index (Phi) is 11.5. The van der Waals surface area contributed by atoms with E-state index in [1.807, 2.05) is 12.1 Å². The molecule has 0 radical (unpaired) electrons. The Hall–Kier alpha value is -3.95. The molecule has 1 aromatic rings. The van der Waals surface area contributed by atoms with Gasteiger partial charge in [-0.2, -0.15) is 10.5 Å². The van der Waals surface area contributed by atoms with E-state index in [9.17, 15) is 30.0 Å². The van der Waals surface area contributed by atoms with Gasteiger partial charge in [0.2, 0.25) is 5.88 Å². The van der Waals surface area contributed by atoms with Crippen LogP contribution in [0.5, 0.6) is 5.88 Å². The Labute approximate surface area is 212 Å². The summed E-state index contributed by atoms with van der Waals surface area (Å²) < 4.78 is 1.08. The van der Waals surface area contributed by atoms with Crippen LogP contribution in [0.2, 0.25) is 0 Å². The zero-order chi connectivity index (χ0) is 27.6. The van der Waals surface area contributed by atoms with Crippen molar-refractivity contribution in [1.82, 2.24) is 14.4 Å². The number of nitriles is 2. The zero-order valence-corrected chi connectivity index (χ0v) is 22.2. The van der Waals surface area contributed by atoms with Gasteiger partial charge < -0.3 is 10.0 Å². The van der Waals surface area contributed by atoms with Gasteiger partial charge in [-0.1, -0.05) is 26.8 Å². The van der Waals surface area contributed by atoms with Gasteiger partial charge >= 0.3 is 0 Å². The highest BCUT2D eigenvalue weighted by Gasteiger charge is 2.34. The van der Waals surface area contributed by atoms with Crippen molar-refractivity contribution in [3.05, 3.63) is 55.9 Å². The predicted octanol–water partition coefficient (Wildman–Crippen LogP) is 3.27. The number of amides is 2. The molecule has 0 fully saturated rings. The molecule has 2 amide bonds. The van der Waals surface area contributed by atoms with Gasteiger partial charge in [0.25, 0.3) is 17.4 Å². The number of carbonyl (C=O) groups is 2. The first kappa shape index (κ1) is 30.1. The van der Waals surface area contributed by atoms with Crippen LogP contribution in [0.1, 0.15) is 58.2 Å². The van der Waals surface area contributed by atoms with Crippen molar-refractivity contribution in [3.63, 3.8) is 0 Å². The first-order valence-electron chi connectivity index (χ1n) is 12.0. The zero-order valence-electron chi connectivity index (χ0n) is 22.2. The van der Waals surface area contributed by atoms with Gasteiger partial charge in [-0.3, -0.25) is 23.9 Å². The van der Waals surface area contributed by atoms with Crippen LogP contribution in [0.3, 0.4) is 0 Å². The molecule has 0 atom stereocenters. The number of rotatable bonds is 7. The summed E-state index contributed by atoms with van der Waals surface area (Å²) in [5.74, 6) is -1.43. The van der Waals surface area contributed by atoms with E-state index < -0.39 is 17.4 Å². The third-order valence-corrected chi connectivity index (χ3v) is 6.17. The number of hydrogen-bond acceptors (Lipinski definition) is 7. The fraction of sp³-hybridized carbons (Fsp3) is 0.444. The average molecular weight is 494 g/mol. The van der Waals surface area contributed by atoms with Gasteiger partial charge in [0.15, 0.2) is 0 Å². The summed E-state index contributed by atoms with van der Waals surface area (Å²) in [4.78, 5) is 40.4. The van der Waals surface area contributed by atoms with Crippen LogP contribution in [0.15, 0.2) is 33.7 Å². The molecule has 0 aliphatic carbocycles. The lowest BCUT2D eigenvalue weighted by Crippen LogP contribution is -2.42. The van der Waals surface area contributed by atoms with Crippen LogP contribution < -0.4 is 5.56 Å². The minimum atomic E-state index is -0.624. The molecule has 192 valence electrons. The van der Waals surface area contributed by atoms with E-state index in [2.05, 4.69) is 25.7 Å². The molecule has 1 aliphatic rings. The molecule has 0 spiro atoms. The lowest BCUT2D eigenvalue weighted by molar-refractivity contribution is -0.140. The molecule has 2 heterocycles. The molecule has 2 rings (SSSR count). The maximum atomic E-state index is 12.6. The Balaban J connectivity index is 0.000000809. The van der Waals surface area contributed by atoms with Gasteiger partial charge in [0.05, 0.1) is 0 Å². The Bertz CT molecular complexity index is 1230. The molecule has 0 saturated carbocycles. The summed E-state index contributed by atoms with van der Waals surface area (Å²) in [5.41, 5.74) is 0.299. The van der Waals surface area contributed by atoms with Crippen molar-refractivity contribution in [1.29, 1.82) is 10.5 Å². The number of nitrogens with zero attached hydrogens (tertiary/aromatic N) is 5. The monoisotopic (exact) mass is 493 g/mol. The molecular weight excluding hydrogens is 458 g/mol. The van der Waals surface area contributed by atoms with Crippen LogP contribution in [-0.4, -0.2) is 57.5 Å². The molecule has 1 aliphatic heterocycles. The number of pyridine rings is 1. The minimum absolute atomic E-state index is 0.0729. The lowest BCUT2D eigenvalue weighted by Gasteiger charge is -2.25. The smallest absolute Gasteiger partial charge is 0.271 e. The Morgan fingerprint density at radius 2 is 1.50 bits per heavy atom. The molecule has 9 nitrogen and oxygen atoms in total. The van der Waals surface area contributed by atoms with Crippen molar-refractivity contribution >= 4 is 17.9 Å². The maximum Gasteiger partial charge on any atom is 0.271 e. The quantitative estimate of drug-likeness (QED) is 0.456. The fourth-order valence-corrected chi connectivity index (χ4v) is 3.82. The number of aromatic hydroxyl groups is 1. The summed E-state index contributed by atoms with van der Waals surface area (Å²) in [7, 11) is 0. The summed E-state index contributed by atoms with van der Waals surface area (Å²) in [6.45, 7) is 16.8. The van der Waals surface area contributed by atoms with Crippen molar-refractivity contribution in [3.8, 4) is 18.0 Å². The molecule has 36 heavy (non-hydrogen) atoms.